The van der Waals surface area contributed by atoms with Crippen molar-refractivity contribution in [1.82, 2.24) is 0 Å². The summed E-state index contributed by atoms with van der Waals surface area (Å²) in [5.41, 5.74) is 1.01. The van der Waals surface area contributed by atoms with E-state index in [2.05, 4.69) is 9.98 Å². The molecule has 0 atom stereocenters. The number of halogens is 2. The zero-order valence-corrected chi connectivity index (χ0v) is 18.1. The normalized spacial score (nSPS) is 11.4. The third kappa shape index (κ3) is 6.30. The van der Waals surface area contributed by atoms with Crippen molar-refractivity contribution in [2.75, 3.05) is 13.1 Å². The fourth-order valence-electron chi connectivity index (χ4n) is 1.96. The van der Waals surface area contributed by atoms with Crippen LogP contribution in [0.3, 0.4) is 0 Å². The highest BCUT2D eigenvalue weighted by Gasteiger charge is 2.04. The van der Waals surface area contributed by atoms with Gasteiger partial charge in [0.05, 0.1) is 24.9 Å². The summed E-state index contributed by atoms with van der Waals surface area (Å²) in [5.74, 6) is -0.618. The van der Waals surface area contributed by atoms with Crippen LogP contribution >= 0.6 is 48.0 Å². The molecular weight excluding hydrogens is 534 g/mol. The maximum Gasteiger partial charge on any atom is 0.215 e. The summed E-state index contributed by atoms with van der Waals surface area (Å²) < 4.78 is 3.41. The molecule has 2 aromatic heterocycles. The van der Waals surface area contributed by atoms with E-state index in [1.54, 1.807) is 59.9 Å². The molecule has 0 N–H and O–H groups in total. The van der Waals surface area contributed by atoms with Gasteiger partial charge in [0.1, 0.15) is 14.1 Å². The van der Waals surface area contributed by atoms with Crippen molar-refractivity contribution in [2.45, 2.75) is 0 Å². The van der Waals surface area contributed by atoms with Gasteiger partial charge in [0, 0.05) is 24.3 Å². The van der Waals surface area contributed by atoms with Crippen LogP contribution in [-0.4, -0.2) is 24.9 Å². The molecule has 8 heteroatoms. The van der Waals surface area contributed by atoms with E-state index in [0.29, 0.717) is 11.4 Å². The zero-order valence-electron chi connectivity index (χ0n) is 13.5. The van der Waals surface area contributed by atoms with Gasteiger partial charge in [-0.3, -0.25) is 9.98 Å². The number of rotatable bonds is 5. The Balaban J connectivity index is 0.00000264. The van der Waals surface area contributed by atoms with Crippen LogP contribution in [0.1, 0.15) is 11.4 Å². The Morgan fingerprint density at radius 2 is 1.17 bits per heavy atom. The van der Waals surface area contributed by atoms with Crippen LogP contribution in [0.5, 0.6) is 0 Å². The highest BCUT2D eigenvalue weighted by molar-refractivity contribution is 14.0. The zero-order chi connectivity index (χ0) is 15.9. The summed E-state index contributed by atoms with van der Waals surface area (Å²) in [4.78, 5) is 7.86. The third-order valence-electron chi connectivity index (χ3n) is 3.16. The lowest BCUT2D eigenvalue weighted by molar-refractivity contribution is -0.675. The minimum absolute atomic E-state index is 0. The monoisotopic (exact) mass is 554 g/mol. The Bertz CT molecular complexity index is 659. The van der Waals surface area contributed by atoms with E-state index in [1.807, 2.05) is 12.1 Å². The van der Waals surface area contributed by atoms with Crippen LogP contribution in [-0.2, 0) is 14.1 Å². The standard InChI is InChI=1S/C16H18N4O2.2HI/c1-19-11-5-3-7-13(19)15(21)17-9-10-18-16(22)14-8-4-6-12-20(14)2;;/h3-8,11-12H,9-10H2,1-2H3;2*1H. The SMILES string of the molecule is C[n+]1ccccc1C([O-])=NCCN=C([O-])c1cccc[n+]1C.I.I. The fraction of sp³-hybridized carbons (Fsp3) is 0.250. The summed E-state index contributed by atoms with van der Waals surface area (Å²) in [6.07, 6.45) is 3.57. The molecular formula is C16H20I2N4O2. The van der Waals surface area contributed by atoms with Gasteiger partial charge in [-0.15, -0.1) is 48.0 Å². The topological polar surface area (TPSA) is 78.6 Å². The smallest absolute Gasteiger partial charge is 0.215 e. The first kappa shape index (κ1) is 22.7. The van der Waals surface area contributed by atoms with Gasteiger partial charge in [-0.1, -0.05) is 0 Å². The van der Waals surface area contributed by atoms with Crippen molar-refractivity contribution >= 4 is 59.7 Å². The predicted molar refractivity (Wildman–Crippen MR) is 109 cm³/mol. The number of aryl methyl sites for hydroxylation is 2. The molecule has 6 nitrogen and oxygen atoms in total. The molecule has 0 bridgehead atoms. The summed E-state index contributed by atoms with van der Waals surface area (Å²) in [6.45, 7) is 0.381. The second-order valence-electron chi connectivity index (χ2n) is 4.77. The number of aromatic nitrogens is 2. The minimum atomic E-state index is -0.309. The molecule has 0 radical (unpaired) electrons. The molecule has 24 heavy (non-hydrogen) atoms. The fourth-order valence-corrected chi connectivity index (χ4v) is 1.96. The second-order valence-corrected chi connectivity index (χ2v) is 4.77. The van der Waals surface area contributed by atoms with E-state index < -0.39 is 0 Å². The van der Waals surface area contributed by atoms with Gasteiger partial charge in [-0.2, -0.15) is 0 Å². The summed E-state index contributed by atoms with van der Waals surface area (Å²) in [5, 5.41) is 23.8. The molecule has 2 aromatic rings. The molecule has 0 aliphatic rings. The van der Waals surface area contributed by atoms with Crippen molar-refractivity contribution in [3.8, 4) is 0 Å². The number of aliphatic imine (C=N–C) groups is 2. The van der Waals surface area contributed by atoms with Gasteiger partial charge in [-0.05, 0) is 12.1 Å². The quantitative estimate of drug-likeness (QED) is 0.164. The molecule has 0 saturated heterocycles. The van der Waals surface area contributed by atoms with Gasteiger partial charge in [-0.25, -0.2) is 9.13 Å². The maximum absolute atomic E-state index is 11.9. The molecule has 0 unspecified atom stereocenters. The molecule has 0 amide bonds. The molecule has 0 fully saturated rings. The third-order valence-corrected chi connectivity index (χ3v) is 3.16. The van der Waals surface area contributed by atoms with E-state index >= 15 is 0 Å². The molecule has 0 aliphatic heterocycles. The minimum Gasteiger partial charge on any atom is -0.854 e. The second kappa shape index (κ2) is 11.3. The Hall–Kier alpha value is -1.30. The first-order chi connectivity index (χ1) is 10.6. The number of hydrogen-bond acceptors (Lipinski definition) is 4. The van der Waals surface area contributed by atoms with Crippen LogP contribution < -0.4 is 19.3 Å². The van der Waals surface area contributed by atoms with E-state index in [0.717, 1.165) is 0 Å². The number of hydrogen-bond donors (Lipinski definition) is 0. The molecule has 130 valence electrons. The van der Waals surface area contributed by atoms with Crippen LogP contribution in [0.25, 0.3) is 0 Å². The van der Waals surface area contributed by atoms with Crippen molar-refractivity contribution in [3.05, 3.63) is 60.2 Å². The van der Waals surface area contributed by atoms with Crippen LogP contribution in [0, 0.1) is 0 Å². The van der Waals surface area contributed by atoms with Crippen LogP contribution in [0.15, 0.2) is 58.8 Å². The molecule has 0 aromatic carbocycles. The first-order valence-corrected chi connectivity index (χ1v) is 6.92. The molecule has 0 spiro atoms. The lowest BCUT2D eigenvalue weighted by Crippen LogP contribution is -2.40. The van der Waals surface area contributed by atoms with Crippen molar-refractivity contribution in [3.63, 3.8) is 0 Å². The summed E-state index contributed by atoms with van der Waals surface area (Å²) in [6, 6.07) is 10.7. The lowest BCUT2D eigenvalue weighted by atomic mass is 10.3. The van der Waals surface area contributed by atoms with Crippen molar-refractivity contribution in [2.24, 2.45) is 24.1 Å². The first-order valence-electron chi connectivity index (χ1n) is 6.92. The average Bonchev–Trinajstić information content (AvgIpc) is 2.52. The van der Waals surface area contributed by atoms with Crippen molar-refractivity contribution in [1.29, 1.82) is 0 Å². The maximum atomic E-state index is 11.9. The van der Waals surface area contributed by atoms with Gasteiger partial charge < -0.3 is 10.2 Å². The Labute approximate surface area is 175 Å². The van der Waals surface area contributed by atoms with Crippen LogP contribution in [0.4, 0.5) is 0 Å². The highest BCUT2D eigenvalue weighted by atomic mass is 127. The highest BCUT2D eigenvalue weighted by Crippen LogP contribution is 1.92. The summed E-state index contributed by atoms with van der Waals surface area (Å²) >= 11 is 0. The molecule has 2 rings (SSSR count). The largest absolute Gasteiger partial charge is 0.854 e. The van der Waals surface area contributed by atoms with Gasteiger partial charge >= 0.3 is 0 Å². The number of nitrogens with zero attached hydrogens (tertiary/aromatic N) is 4. The van der Waals surface area contributed by atoms with Crippen molar-refractivity contribution < 1.29 is 19.3 Å². The lowest BCUT2D eigenvalue weighted by Gasteiger charge is -2.09. The molecule has 0 saturated carbocycles. The molecule has 2 heterocycles. The van der Waals surface area contributed by atoms with Gasteiger partial charge in [0.15, 0.2) is 12.4 Å². The van der Waals surface area contributed by atoms with E-state index in [9.17, 15) is 10.2 Å². The Morgan fingerprint density at radius 3 is 1.50 bits per heavy atom. The predicted octanol–water partition coefficient (Wildman–Crippen LogP) is -0.514. The van der Waals surface area contributed by atoms with E-state index in [4.69, 9.17) is 0 Å². The van der Waals surface area contributed by atoms with E-state index in [-0.39, 0.29) is 72.8 Å². The average molecular weight is 554 g/mol. The number of pyridine rings is 2. The Morgan fingerprint density at radius 1 is 0.792 bits per heavy atom. The molecule has 0 aliphatic carbocycles. The summed E-state index contributed by atoms with van der Waals surface area (Å²) in [7, 11) is 3.57. The van der Waals surface area contributed by atoms with Crippen LogP contribution in [0.2, 0.25) is 0 Å². The Kier molecular flexibility index (Phi) is 10.7. The van der Waals surface area contributed by atoms with Gasteiger partial charge in [0.25, 0.3) is 0 Å². The van der Waals surface area contributed by atoms with E-state index in [1.165, 1.54) is 0 Å². The van der Waals surface area contributed by atoms with Gasteiger partial charge in [0.2, 0.25) is 11.4 Å².